The molecule has 1 N–H and O–H groups in total. The second-order valence-corrected chi connectivity index (χ2v) is 5.35. The Hall–Kier alpha value is -0.610. The van der Waals surface area contributed by atoms with Crippen molar-refractivity contribution in [2.24, 2.45) is 5.92 Å². The molecule has 0 aromatic carbocycles. The van der Waals surface area contributed by atoms with E-state index in [2.05, 4.69) is 11.8 Å². The lowest BCUT2D eigenvalue weighted by Crippen LogP contribution is -2.49. The fraction of sp³-hybridized carbons (Fsp3) is 0.923. The van der Waals surface area contributed by atoms with Gasteiger partial charge < -0.3 is 9.84 Å². The molecule has 2 saturated heterocycles. The minimum atomic E-state index is -0.670. The first-order valence-electron chi connectivity index (χ1n) is 6.73. The van der Waals surface area contributed by atoms with Crippen LogP contribution in [0.15, 0.2) is 0 Å². The number of rotatable bonds is 4. The maximum Gasteiger partial charge on any atom is 0.304 e. The van der Waals surface area contributed by atoms with Gasteiger partial charge in [0.05, 0.1) is 13.0 Å². The molecule has 2 rings (SSSR count). The van der Waals surface area contributed by atoms with Crippen LogP contribution < -0.4 is 0 Å². The largest absolute Gasteiger partial charge is 0.481 e. The Kier molecular flexibility index (Phi) is 4.40. The van der Waals surface area contributed by atoms with Crippen molar-refractivity contribution >= 4 is 5.97 Å². The SMILES string of the molecule is CC(C1CCOC1)N1CCCCC1CC(=O)O. The van der Waals surface area contributed by atoms with Gasteiger partial charge in [-0.05, 0) is 38.6 Å². The lowest BCUT2D eigenvalue weighted by atomic mass is 9.92. The minimum absolute atomic E-state index is 0.233. The Labute approximate surface area is 103 Å². The van der Waals surface area contributed by atoms with Gasteiger partial charge in [0.25, 0.3) is 0 Å². The molecular weight excluding hydrogens is 218 g/mol. The summed E-state index contributed by atoms with van der Waals surface area (Å²) in [5.74, 6) is -0.0823. The van der Waals surface area contributed by atoms with Crippen molar-refractivity contribution in [1.82, 2.24) is 4.90 Å². The molecule has 98 valence electrons. The van der Waals surface area contributed by atoms with Crippen LogP contribution in [0.2, 0.25) is 0 Å². The number of carboxylic acid groups (broad SMARTS) is 1. The zero-order chi connectivity index (χ0) is 12.3. The van der Waals surface area contributed by atoms with Gasteiger partial charge in [0.2, 0.25) is 0 Å². The molecule has 17 heavy (non-hydrogen) atoms. The van der Waals surface area contributed by atoms with Crippen LogP contribution in [0.1, 0.15) is 39.0 Å². The molecule has 3 unspecified atom stereocenters. The number of piperidine rings is 1. The smallest absolute Gasteiger partial charge is 0.304 e. The number of likely N-dealkylation sites (tertiary alicyclic amines) is 1. The van der Waals surface area contributed by atoms with Gasteiger partial charge in [-0.3, -0.25) is 9.69 Å². The predicted octanol–water partition coefficient (Wildman–Crippen LogP) is 1.74. The summed E-state index contributed by atoms with van der Waals surface area (Å²) in [6, 6.07) is 0.694. The lowest BCUT2D eigenvalue weighted by molar-refractivity contribution is -0.139. The Morgan fingerprint density at radius 2 is 2.29 bits per heavy atom. The third-order valence-electron chi connectivity index (χ3n) is 4.25. The summed E-state index contributed by atoms with van der Waals surface area (Å²) in [5, 5.41) is 8.98. The van der Waals surface area contributed by atoms with Crippen molar-refractivity contribution in [2.45, 2.75) is 51.1 Å². The van der Waals surface area contributed by atoms with Gasteiger partial charge in [-0.15, -0.1) is 0 Å². The molecule has 2 heterocycles. The molecule has 0 saturated carbocycles. The van der Waals surface area contributed by atoms with E-state index in [9.17, 15) is 4.79 Å². The van der Waals surface area contributed by atoms with E-state index >= 15 is 0 Å². The monoisotopic (exact) mass is 241 g/mol. The van der Waals surface area contributed by atoms with Crippen LogP contribution >= 0.6 is 0 Å². The summed E-state index contributed by atoms with van der Waals surface area (Å²) in [5.41, 5.74) is 0. The quantitative estimate of drug-likeness (QED) is 0.814. The summed E-state index contributed by atoms with van der Waals surface area (Å²) in [6.45, 7) is 5.00. The third kappa shape index (κ3) is 3.19. The average Bonchev–Trinajstić information content (AvgIpc) is 2.81. The van der Waals surface area contributed by atoms with E-state index in [-0.39, 0.29) is 12.5 Å². The minimum Gasteiger partial charge on any atom is -0.481 e. The highest BCUT2D eigenvalue weighted by atomic mass is 16.5. The van der Waals surface area contributed by atoms with E-state index in [0.29, 0.717) is 12.0 Å². The van der Waals surface area contributed by atoms with Gasteiger partial charge in [-0.25, -0.2) is 0 Å². The molecule has 0 amide bonds. The van der Waals surface area contributed by atoms with E-state index in [1.54, 1.807) is 0 Å². The van der Waals surface area contributed by atoms with Crippen molar-refractivity contribution in [2.75, 3.05) is 19.8 Å². The fourth-order valence-corrected chi connectivity index (χ4v) is 3.18. The molecule has 0 aliphatic carbocycles. The Morgan fingerprint density at radius 1 is 1.47 bits per heavy atom. The number of carboxylic acids is 1. The lowest BCUT2D eigenvalue weighted by Gasteiger charge is -2.41. The number of ether oxygens (including phenoxy) is 1. The Balaban J connectivity index is 1.96. The number of hydrogen-bond donors (Lipinski definition) is 1. The van der Waals surface area contributed by atoms with Gasteiger partial charge in [-0.2, -0.15) is 0 Å². The predicted molar refractivity (Wildman–Crippen MR) is 65.0 cm³/mol. The number of carbonyl (C=O) groups is 1. The standard InChI is InChI=1S/C13H23NO3/c1-10(11-5-7-17-9-11)14-6-3-2-4-12(14)8-13(15)16/h10-12H,2-9H2,1H3,(H,15,16). The van der Waals surface area contributed by atoms with E-state index in [1.165, 1.54) is 12.8 Å². The van der Waals surface area contributed by atoms with Crippen LogP contribution in [-0.2, 0) is 9.53 Å². The second-order valence-electron chi connectivity index (χ2n) is 5.35. The Morgan fingerprint density at radius 3 is 2.94 bits per heavy atom. The van der Waals surface area contributed by atoms with Crippen LogP contribution in [0, 0.1) is 5.92 Å². The molecule has 0 spiro atoms. The molecule has 0 bridgehead atoms. The maximum atomic E-state index is 10.9. The highest BCUT2D eigenvalue weighted by molar-refractivity contribution is 5.67. The number of nitrogens with zero attached hydrogens (tertiary/aromatic N) is 1. The number of aliphatic carboxylic acids is 1. The van der Waals surface area contributed by atoms with E-state index in [1.807, 2.05) is 0 Å². The molecule has 3 atom stereocenters. The van der Waals surface area contributed by atoms with E-state index in [4.69, 9.17) is 9.84 Å². The maximum absolute atomic E-state index is 10.9. The van der Waals surface area contributed by atoms with Crippen molar-refractivity contribution in [1.29, 1.82) is 0 Å². The highest BCUT2D eigenvalue weighted by Crippen LogP contribution is 2.28. The molecule has 4 nitrogen and oxygen atoms in total. The van der Waals surface area contributed by atoms with Crippen LogP contribution in [0.4, 0.5) is 0 Å². The highest BCUT2D eigenvalue weighted by Gasteiger charge is 2.33. The van der Waals surface area contributed by atoms with Crippen molar-refractivity contribution in [3.8, 4) is 0 Å². The van der Waals surface area contributed by atoms with Gasteiger partial charge in [0, 0.05) is 18.7 Å². The number of hydrogen-bond acceptors (Lipinski definition) is 3. The van der Waals surface area contributed by atoms with Gasteiger partial charge in [-0.1, -0.05) is 6.42 Å². The molecule has 0 aromatic heterocycles. The molecule has 0 aromatic rings. The zero-order valence-corrected chi connectivity index (χ0v) is 10.6. The molecule has 2 aliphatic rings. The van der Waals surface area contributed by atoms with Crippen molar-refractivity contribution in [3.05, 3.63) is 0 Å². The van der Waals surface area contributed by atoms with Crippen LogP contribution in [0.3, 0.4) is 0 Å². The van der Waals surface area contributed by atoms with Gasteiger partial charge >= 0.3 is 5.97 Å². The molecule has 2 fully saturated rings. The summed E-state index contributed by atoms with van der Waals surface area (Å²) < 4.78 is 5.44. The van der Waals surface area contributed by atoms with Gasteiger partial charge in [0.1, 0.15) is 0 Å². The average molecular weight is 241 g/mol. The molecule has 4 heteroatoms. The second kappa shape index (κ2) is 5.83. The van der Waals surface area contributed by atoms with Crippen LogP contribution in [-0.4, -0.2) is 47.8 Å². The molecule has 2 aliphatic heterocycles. The van der Waals surface area contributed by atoms with Gasteiger partial charge in [0.15, 0.2) is 0 Å². The molecule has 0 radical (unpaired) electrons. The Bertz CT molecular complexity index is 263. The first-order valence-corrected chi connectivity index (χ1v) is 6.73. The van der Waals surface area contributed by atoms with Crippen LogP contribution in [0.5, 0.6) is 0 Å². The van der Waals surface area contributed by atoms with Crippen molar-refractivity contribution in [3.63, 3.8) is 0 Å². The third-order valence-corrected chi connectivity index (χ3v) is 4.25. The molecular formula is C13H23NO3. The summed E-state index contributed by atoms with van der Waals surface area (Å²) in [7, 11) is 0. The van der Waals surface area contributed by atoms with Crippen molar-refractivity contribution < 1.29 is 14.6 Å². The van der Waals surface area contributed by atoms with E-state index in [0.717, 1.165) is 32.6 Å². The summed E-state index contributed by atoms with van der Waals surface area (Å²) in [6.07, 6.45) is 4.82. The first kappa shape index (κ1) is 12.8. The van der Waals surface area contributed by atoms with E-state index < -0.39 is 5.97 Å². The summed E-state index contributed by atoms with van der Waals surface area (Å²) >= 11 is 0. The topological polar surface area (TPSA) is 49.8 Å². The fourth-order valence-electron chi connectivity index (χ4n) is 3.18. The first-order chi connectivity index (χ1) is 8.18. The van der Waals surface area contributed by atoms with Crippen LogP contribution in [0.25, 0.3) is 0 Å². The normalized spacial score (nSPS) is 32.5. The summed E-state index contributed by atoms with van der Waals surface area (Å²) in [4.78, 5) is 13.3. The zero-order valence-electron chi connectivity index (χ0n) is 10.6.